The lowest BCUT2D eigenvalue weighted by Gasteiger charge is -2.11. The summed E-state index contributed by atoms with van der Waals surface area (Å²) < 4.78 is 0. The molecule has 1 aliphatic rings. The molecule has 0 aliphatic heterocycles. The van der Waals surface area contributed by atoms with Crippen LogP contribution < -0.4 is 0 Å². The van der Waals surface area contributed by atoms with Gasteiger partial charge in [-0.1, -0.05) is 140 Å². The number of hydrogen-bond acceptors (Lipinski definition) is 3. The van der Waals surface area contributed by atoms with Gasteiger partial charge in [0, 0.05) is 16.7 Å². The van der Waals surface area contributed by atoms with Gasteiger partial charge >= 0.3 is 0 Å². The number of fused-ring (bicyclic) bond motifs is 6. The molecule has 0 bridgehead atoms. The van der Waals surface area contributed by atoms with Gasteiger partial charge in [0.15, 0.2) is 17.5 Å². The number of nitrogens with zero attached hydrogens (tertiary/aromatic N) is 3. The van der Waals surface area contributed by atoms with Crippen molar-refractivity contribution < 1.29 is 0 Å². The molecular weight excluding hydrogens is 546 g/mol. The van der Waals surface area contributed by atoms with E-state index in [2.05, 4.69) is 133 Å². The Labute approximate surface area is 261 Å². The fourth-order valence-corrected chi connectivity index (χ4v) is 6.62. The van der Waals surface area contributed by atoms with Crippen LogP contribution >= 0.6 is 0 Å². The van der Waals surface area contributed by atoms with Crippen LogP contribution in [-0.4, -0.2) is 15.0 Å². The van der Waals surface area contributed by atoms with E-state index < -0.39 is 0 Å². The summed E-state index contributed by atoms with van der Waals surface area (Å²) in [6.45, 7) is 0. The van der Waals surface area contributed by atoms with Crippen molar-refractivity contribution >= 4 is 21.5 Å². The Morgan fingerprint density at radius 1 is 0.356 bits per heavy atom. The van der Waals surface area contributed by atoms with E-state index in [1.807, 2.05) is 18.2 Å². The first kappa shape index (κ1) is 25.6. The van der Waals surface area contributed by atoms with Crippen LogP contribution in [0.4, 0.5) is 0 Å². The number of benzene rings is 7. The van der Waals surface area contributed by atoms with Crippen molar-refractivity contribution in [3.05, 3.63) is 163 Å². The second kappa shape index (κ2) is 10.4. The topological polar surface area (TPSA) is 38.7 Å². The van der Waals surface area contributed by atoms with E-state index in [1.54, 1.807) is 0 Å². The number of hydrogen-bond donors (Lipinski definition) is 0. The maximum Gasteiger partial charge on any atom is 0.164 e. The van der Waals surface area contributed by atoms with E-state index in [0.29, 0.717) is 17.5 Å². The molecule has 1 aliphatic carbocycles. The standard InChI is InChI=1S/C42H27N3/c1-2-10-30(11-3-1)40-43-41(31-18-14-28(15-19-31)33-20-16-27-8-4-5-12-32(27)24-33)45-42(44-40)36-23-21-34-25-35-22-17-29-9-6-7-13-37(29)39(35)38(34)26-36/h1-24,26H,25H2. The minimum atomic E-state index is 0.662. The second-order valence-corrected chi connectivity index (χ2v) is 11.7. The van der Waals surface area contributed by atoms with Crippen molar-refractivity contribution in [3.63, 3.8) is 0 Å². The van der Waals surface area contributed by atoms with Gasteiger partial charge in [0.2, 0.25) is 0 Å². The van der Waals surface area contributed by atoms with Crippen molar-refractivity contribution in [2.45, 2.75) is 6.42 Å². The number of rotatable bonds is 4. The molecule has 0 N–H and O–H groups in total. The summed E-state index contributed by atoms with van der Waals surface area (Å²) in [5.41, 5.74) is 10.6. The monoisotopic (exact) mass is 573 g/mol. The first-order valence-electron chi connectivity index (χ1n) is 15.3. The van der Waals surface area contributed by atoms with Crippen molar-refractivity contribution in [3.8, 4) is 56.4 Å². The van der Waals surface area contributed by atoms with Crippen LogP contribution in [0.1, 0.15) is 11.1 Å². The molecule has 8 aromatic rings. The van der Waals surface area contributed by atoms with E-state index in [9.17, 15) is 0 Å². The molecule has 1 heterocycles. The molecule has 0 unspecified atom stereocenters. The Kier molecular flexibility index (Phi) is 5.88. The molecule has 45 heavy (non-hydrogen) atoms. The fraction of sp³-hybridized carbons (Fsp3) is 0.0238. The predicted molar refractivity (Wildman–Crippen MR) is 185 cm³/mol. The Morgan fingerprint density at radius 2 is 0.911 bits per heavy atom. The van der Waals surface area contributed by atoms with Crippen LogP contribution in [0.25, 0.3) is 78.0 Å². The van der Waals surface area contributed by atoms with Gasteiger partial charge < -0.3 is 0 Å². The summed E-state index contributed by atoms with van der Waals surface area (Å²) in [5, 5.41) is 5.03. The van der Waals surface area contributed by atoms with Crippen molar-refractivity contribution in [1.29, 1.82) is 0 Å². The van der Waals surface area contributed by atoms with Gasteiger partial charge in [-0.25, -0.2) is 15.0 Å². The summed E-state index contributed by atoms with van der Waals surface area (Å²) in [4.78, 5) is 15.0. The molecule has 0 fully saturated rings. The quantitative estimate of drug-likeness (QED) is 0.210. The van der Waals surface area contributed by atoms with Gasteiger partial charge in [-0.3, -0.25) is 0 Å². The lowest BCUT2D eigenvalue weighted by molar-refractivity contribution is 1.07. The molecule has 9 rings (SSSR count). The highest BCUT2D eigenvalue weighted by Gasteiger charge is 2.22. The highest BCUT2D eigenvalue weighted by molar-refractivity contribution is 6.01. The molecule has 0 saturated carbocycles. The summed E-state index contributed by atoms with van der Waals surface area (Å²) in [5.74, 6) is 2.00. The maximum absolute atomic E-state index is 5.06. The summed E-state index contributed by atoms with van der Waals surface area (Å²) >= 11 is 0. The molecule has 1 aromatic heterocycles. The average Bonchev–Trinajstić information content (AvgIpc) is 3.50. The Balaban J connectivity index is 1.15. The van der Waals surface area contributed by atoms with Crippen LogP contribution in [0.2, 0.25) is 0 Å². The third-order valence-corrected chi connectivity index (χ3v) is 8.93. The van der Waals surface area contributed by atoms with Crippen LogP contribution in [-0.2, 0) is 6.42 Å². The minimum absolute atomic E-state index is 0.662. The van der Waals surface area contributed by atoms with Crippen LogP contribution in [0.3, 0.4) is 0 Å². The fourth-order valence-electron chi connectivity index (χ4n) is 6.62. The van der Waals surface area contributed by atoms with Gasteiger partial charge in [0.05, 0.1) is 0 Å². The normalized spacial score (nSPS) is 11.9. The van der Waals surface area contributed by atoms with E-state index in [-0.39, 0.29) is 0 Å². The molecule has 3 nitrogen and oxygen atoms in total. The smallest absolute Gasteiger partial charge is 0.164 e. The Hall–Kier alpha value is -5.93. The summed E-state index contributed by atoms with van der Waals surface area (Å²) in [6, 6.07) is 53.6. The molecule has 0 radical (unpaired) electrons. The highest BCUT2D eigenvalue weighted by Crippen LogP contribution is 2.43. The third-order valence-electron chi connectivity index (χ3n) is 8.93. The lowest BCUT2D eigenvalue weighted by atomic mass is 9.97. The number of aromatic nitrogens is 3. The van der Waals surface area contributed by atoms with Gasteiger partial charge in [0.25, 0.3) is 0 Å². The van der Waals surface area contributed by atoms with E-state index >= 15 is 0 Å². The minimum Gasteiger partial charge on any atom is -0.208 e. The first-order chi connectivity index (χ1) is 22.3. The molecule has 0 atom stereocenters. The third kappa shape index (κ3) is 4.49. The van der Waals surface area contributed by atoms with Crippen molar-refractivity contribution in [2.75, 3.05) is 0 Å². The highest BCUT2D eigenvalue weighted by atomic mass is 15.0. The maximum atomic E-state index is 5.06. The van der Waals surface area contributed by atoms with Crippen LogP contribution in [0, 0.1) is 0 Å². The molecule has 3 heteroatoms. The molecule has 0 spiro atoms. The van der Waals surface area contributed by atoms with Crippen molar-refractivity contribution in [1.82, 2.24) is 15.0 Å². The molecule has 0 amide bonds. The van der Waals surface area contributed by atoms with E-state index in [0.717, 1.165) is 28.7 Å². The second-order valence-electron chi connectivity index (χ2n) is 11.7. The first-order valence-corrected chi connectivity index (χ1v) is 15.3. The predicted octanol–water partition coefficient (Wildman–Crippen LogP) is 10.4. The zero-order valence-corrected chi connectivity index (χ0v) is 24.5. The average molecular weight is 574 g/mol. The van der Waals surface area contributed by atoms with Crippen LogP contribution in [0.15, 0.2) is 152 Å². The summed E-state index contributed by atoms with van der Waals surface area (Å²) in [6.07, 6.45) is 0.942. The molecule has 7 aromatic carbocycles. The van der Waals surface area contributed by atoms with Gasteiger partial charge in [0.1, 0.15) is 0 Å². The Morgan fingerprint density at radius 3 is 1.71 bits per heavy atom. The zero-order valence-electron chi connectivity index (χ0n) is 24.5. The van der Waals surface area contributed by atoms with E-state index in [4.69, 9.17) is 15.0 Å². The molecule has 210 valence electrons. The van der Waals surface area contributed by atoms with Crippen molar-refractivity contribution in [2.24, 2.45) is 0 Å². The van der Waals surface area contributed by atoms with Crippen LogP contribution in [0.5, 0.6) is 0 Å². The van der Waals surface area contributed by atoms with E-state index in [1.165, 1.54) is 49.4 Å². The lowest BCUT2D eigenvalue weighted by Crippen LogP contribution is -2.00. The van der Waals surface area contributed by atoms with Gasteiger partial charge in [-0.05, 0) is 73.5 Å². The molecular formula is C42H27N3. The molecule has 0 saturated heterocycles. The zero-order chi connectivity index (χ0) is 29.7. The van der Waals surface area contributed by atoms with Gasteiger partial charge in [-0.2, -0.15) is 0 Å². The largest absolute Gasteiger partial charge is 0.208 e. The van der Waals surface area contributed by atoms with Gasteiger partial charge in [-0.15, -0.1) is 0 Å². The SMILES string of the molecule is c1ccc(-c2nc(-c3ccc(-c4ccc5ccccc5c4)cc3)nc(-c3ccc4c(c3)-c3c(ccc5ccccc35)C4)n2)cc1. The summed E-state index contributed by atoms with van der Waals surface area (Å²) in [7, 11) is 0. The Bertz CT molecular complexity index is 2390.